The molecule has 1 aromatic rings. The van der Waals surface area contributed by atoms with Crippen LogP contribution in [0.15, 0.2) is 12.1 Å². The summed E-state index contributed by atoms with van der Waals surface area (Å²) >= 11 is 0. The minimum Gasteiger partial charge on any atom is -0.392 e. The van der Waals surface area contributed by atoms with Gasteiger partial charge >= 0.3 is 0 Å². The first-order chi connectivity index (χ1) is 8.81. The zero-order valence-electron chi connectivity index (χ0n) is 12.8. The highest BCUT2D eigenvalue weighted by Crippen LogP contribution is 2.30. The second kappa shape index (κ2) is 5.12. The number of hydrogen-bond acceptors (Lipinski definition) is 3. The Morgan fingerprint density at radius 1 is 1.32 bits per heavy atom. The van der Waals surface area contributed by atoms with E-state index in [1.807, 2.05) is 12.1 Å². The Labute approximate surface area is 116 Å². The summed E-state index contributed by atoms with van der Waals surface area (Å²) in [5, 5.41) is 9.47. The van der Waals surface area contributed by atoms with Crippen LogP contribution in [0.4, 0.5) is 5.82 Å². The number of pyridine rings is 1. The van der Waals surface area contributed by atoms with Crippen LogP contribution < -0.4 is 4.90 Å². The first-order valence-electron chi connectivity index (χ1n) is 7.20. The van der Waals surface area contributed by atoms with E-state index in [2.05, 4.69) is 39.5 Å². The quantitative estimate of drug-likeness (QED) is 0.889. The maximum atomic E-state index is 9.47. The van der Waals surface area contributed by atoms with Gasteiger partial charge in [0, 0.05) is 23.7 Å². The van der Waals surface area contributed by atoms with E-state index < -0.39 is 0 Å². The molecule has 19 heavy (non-hydrogen) atoms. The standard InChI is InChI=1S/C16H26N2O/c1-11-6-12(2)18(9-11)15-8-13(10-19)7-14(17-15)16(3,4)5/h7-8,11-12,19H,6,9-10H2,1-5H3. The number of nitrogens with zero attached hydrogens (tertiary/aromatic N) is 2. The van der Waals surface area contributed by atoms with E-state index >= 15 is 0 Å². The van der Waals surface area contributed by atoms with Crippen LogP contribution in [-0.4, -0.2) is 22.7 Å². The largest absolute Gasteiger partial charge is 0.392 e. The molecular formula is C16H26N2O. The Bertz CT molecular complexity index is 451. The molecular weight excluding hydrogens is 236 g/mol. The van der Waals surface area contributed by atoms with Crippen molar-refractivity contribution in [1.82, 2.24) is 4.98 Å². The Hall–Kier alpha value is -1.09. The molecule has 1 fully saturated rings. The number of rotatable bonds is 2. The molecule has 0 spiro atoms. The Morgan fingerprint density at radius 2 is 2.00 bits per heavy atom. The average molecular weight is 262 g/mol. The van der Waals surface area contributed by atoms with E-state index in [1.165, 1.54) is 6.42 Å². The van der Waals surface area contributed by atoms with Gasteiger partial charge in [-0.1, -0.05) is 27.7 Å². The Kier molecular flexibility index (Phi) is 3.86. The molecule has 3 nitrogen and oxygen atoms in total. The summed E-state index contributed by atoms with van der Waals surface area (Å²) in [4.78, 5) is 7.21. The fraction of sp³-hybridized carbons (Fsp3) is 0.688. The highest BCUT2D eigenvalue weighted by Gasteiger charge is 2.28. The van der Waals surface area contributed by atoms with Crippen molar-refractivity contribution in [2.75, 3.05) is 11.4 Å². The predicted molar refractivity (Wildman–Crippen MR) is 79.4 cm³/mol. The van der Waals surface area contributed by atoms with Crippen LogP contribution in [0.25, 0.3) is 0 Å². The molecule has 3 heteroatoms. The molecule has 0 bridgehead atoms. The summed E-state index contributed by atoms with van der Waals surface area (Å²) in [5.41, 5.74) is 2.02. The second-order valence-electron chi connectivity index (χ2n) is 6.97. The van der Waals surface area contributed by atoms with E-state index in [9.17, 15) is 5.11 Å². The van der Waals surface area contributed by atoms with Crippen LogP contribution in [0.5, 0.6) is 0 Å². The summed E-state index contributed by atoms with van der Waals surface area (Å²) in [6.07, 6.45) is 1.22. The molecule has 0 aromatic carbocycles. The molecule has 2 unspecified atom stereocenters. The lowest BCUT2D eigenvalue weighted by Gasteiger charge is -2.26. The molecule has 0 aliphatic carbocycles. The fourth-order valence-electron chi connectivity index (χ4n) is 2.81. The third kappa shape index (κ3) is 3.08. The molecule has 0 saturated carbocycles. The van der Waals surface area contributed by atoms with Crippen LogP contribution in [0, 0.1) is 5.92 Å². The van der Waals surface area contributed by atoms with Crippen LogP contribution in [0.1, 0.15) is 52.3 Å². The summed E-state index contributed by atoms with van der Waals surface area (Å²) < 4.78 is 0. The summed E-state index contributed by atoms with van der Waals surface area (Å²) in [6, 6.07) is 4.58. The van der Waals surface area contributed by atoms with Crippen molar-refractivity contribution in [1.29, 1.82) is 0 Å². The van der Waals surface area contributed by atoms with Crippen LogP contribution in [-0.2, 0) is 12.0 Å². The van der Waals surface area contributed by atoms with Gasteiger partial charge in [-0.25, -0.2) is 4.98 Å². The van der Waals surface area contributed by atoms with Crippen molar-refractivity contribution >= 4 is 5.82 Å². The lowest BCUT2D eigenvalue weighted by molar-refractivity contribution is 0.281. The van der Waals surface area contributed by atoms with Crippen molar-refractivity contribution < 1.29 is 5.11 Å². The summed E-state index contributed by atoms with van der Waals surface area (Å²) in [5.74, 6) is 1.74. The molecule has 2 heterocycles. The summed E-state index contributed by atoms with van der Waals surface area (Å²) in [6.45, 7) is 12.2. The monoisotopic (exact) mass is 262 g/mol. The lowest BCUT2D eigenvalue weighted by Crippen LogP contribution is -2.29. The van der Waals surface area contributed by atoms with Crippen LogP contribution >= 0.6 is 0 Å². The molecule has 0 amide bonds. The molecule has 2 rings (SSSR count). The van der Waals surface area contributed by atoms with Gasteiger partial charge in [-0.2, -0.15) is 0 Å². The number of anilines is 1. The Balaban J connectivity index is 2.40. The summed E-state index contributed by atoms with van der Waals surface area (Å²) in [7, 11) is 0. The molecule has 1 N–H and O–H groups in total. The third-order valence-electron chi connectivity index (χ3n) is 3.90. The molecule has 1 aromatic heterocycles. The van der Waals surface area contributed by atoms with Crippen LogP contribution in [0.3, 0.4) is 0 Å². The normalized spacial score (nSPS) is 24.0. The molecule has 1 saturated heterocycles. The van der Waals surface area contributed by atoms with Crippen molar-refractivity contribution in [3.63, 3.8) is 0 Å². The minimum absolute atomic E-state index is 0.00844. The maximum absolute atomic E-state index is 9.47. The molecule has 106 valence electrons. The van der Waals surface area contributed by atoms with Gasteiger partial charge < -0.3 is 10.0 Å². The highest BCUT2D eigenvalue weighted by molar-refractivity contribution is 5.45. The first kappa shape index (κ1) is 14.3. The number of aromatic nitrogens is 1. The average Bonchev–Trinajstić information content (AvgIpc) is 2.66. The zero-order chi connectivity index (χ0) is 14.2. The van der Waals surface area contributed by atoms with Gasteiger partial charge in [0.15, 0.2) is 0 Å². The first-order valence-corrected chi connectivity index (χ1v) is 7.20. The third-order valence-corrected chi connectivity index (χ3v) is 3.90. The van der Waals surface area contributed by atoms with E-state index in [-0.39, 0.29) is 12.0 Å². The number of aliphatic hydroxyl groups is 1. The van der Waals surface area contributed by atoms with E-state index in [4.69, 9.17) is 4.98 Å². The molecule has 1 aliphatic heterocycles. The number of aliphatic hydroxyl groups excluding tert-OH is 1. The second-order valence-corrected chi connectivity index (χ2v) is 6.97. The van der Waals surface area contributed by atoms with Gasteiger partial charge in [-0.3, -0.25) is 0 Å². The number of hydrogen-bond donors (Lipinski definition) is 1. The SMILES string of the molecule is CC1CC(C)N(c2cc(CO)cc(C(C)(C)C)n2)C1. The topological polar surface area (TPSA) is 36.4 Å². The lowest BCUT2D eigenvalue weighted by atomic mass is 9.91. The van der Waals surface area contributed by atoms with E-state index in [0.29, 0.717) is 12.0 Å². The molecule has 2 atom stereocenters. The van der Waals surface area contributed by atoms with Crippen LogP contribution in [0.2, 0.25) is 0 Å². The minimum atomic E-state index is 0.00844. The highest BCUT2D eigenvalue weighted by atomic mass is 16.3. The molecule has 0 radical (unpaired) electrons. The zero-order valence-corrected chi connectivity index (χ0v) is 12.8. The predicted octanol–water partition coefficient (Wildman–Crippen LogP) is 3.11. The van der Waals surface area contributed by atoms with Gasteiger partial charge in [-0.05, 0) is 37.0 Å². The van der Waals surface area contributed by atoms with Gasteiger partial charge in [-0.15, -0.1) is 0 Å². The van der Waals surface area contributed by atoms with E-state index in [0.717, 1.165) is 23.6 Å². The van der Waals surface area contributed by atoms with Gasteiger partial charge in [0.25, 0.3) is 0 Å². The fourth-order valence-corrected chi connectivity index (χ4v) is 2.81. The van der Waals surface area contributed by atoms with Crippen molar-refractivity contribution in [3.8, 4) is 0 Å². The Morgan fingerprint density at radius 3 is 2.47 bits per heavy atom. The van der Waals surface area contributed by atoms with Gasteiger partial charge in [0.05, 0.1) is 6.61 Å². The molecule has 1 aliphatic rings. The van der Waals surface area contributed by atoms with Crippen molar-refractivity contribution in [2.45, 2.75) is 59.1 Å². The smallest absolute Gasteiger partial charge is 0.129 e. The van der Waals surface area contributed by atoms with Gasteiger partial charge in [0.1, 0.15) is 5.82 Å². The van der Waals surface area contributed by atoms with Gasteiger partial charge in [0.2, 0.25) is 0 Å². The van der Waals surface area contributed by atoms with Crippen molar-refractivity contribution in [2.24, 2.45) is 5.92 Å². The van der Waals surface area contributed by atoms with Crippen molar-refractivity contribution in [3.05, 3.63) is 23.4 Å². The maximum Gasteiger partial charge on any atom is 0.129 e. The van der Waals surface area contributed by atoms with E-state index in [1.54, 1.807) is 0 Å².